The van der Waals surface area contributed by atoms with Crippen molar-refractivity contribution in [2.45, 2.75) is 13.5 Å². The van der Waals surface area contributed by atoms with Gasteiger partial charge in [0.2, 0.25) is 0 Å². The van der Waals surface area contributed by atoms with Gasteiger partial charge in [0.15, 0.2) is 6.61 Å². The number of carbonyl (C=O) groups is 2. The molecular weight excluding hydrogens is 346 g/mol. The van der Waals surface area contributed by atoms with Gasteiger partial charge in [-0.1, -0.05) is 23.7 Å². The lowest BCUT2D eigenvalue weighted by Crippen LogP contribution is -2.21. The topological polar surface area (TPSA) is 84.9 Å². The predicted octanol–water partition coefficient (Wildman–Crippen LogP) is 2.94. The van der Waals surface area contributed by atoms with Gasteiger partial charge in [-0.3, -0.25) is 4.79 Å². The number of aliphatic hydroxyl groups is 1. The number of nitrogens with one attached hydrogen (secondary N) is 1. The van der Waals surface area contributed by atoms with Crippen LogP contribution in [0.5, 0.6) is 5.75 Å². The molecule has 2 rings (SSSR count). The van der Waals surface area contributed by atoms with Crippen LogP contribution in [0, 0.1) is 6.92 Å². The van der Waals surface area contributed by atoms with E-state index in [0.29, 0.717) is 27.6 Å². The Morgan fingerprint density at radius 2 is 1.88 bits per heavy atom. The van der Waals surface area contributed by atoms with Crippen LogP contribution in [0.25, 0.3) is 0 Å². The van der Waals surface area contributed by atoms with E-state index in [2.05, 4.69) is 5.32 Å². The standard InChI is InChI=1S/C18H18ClNO5/c1-11-7-15(16(24-2)8-14(11)19)20-17(22)10-25-18(23)13-5-3-12(9-21)4-6-13/h3-8,21H,9-10H2,1-2H3,(H,20,22). The lowest BCUT2D eigenvalue weighted by Gasteiger charge is -2.12. The van der Waals surface area contributed by atoms with Crippen molar-refractivity contribution >= 4 is 29.2 Å². The Balaban J connectivity index is 1.96. The first-order valence-electron chi connectivity index (χ1n) is 7.45. The minimum atomic E-state index is -0.626. The fourth-order valence-corrected chi connectivity index (χ4v) is 2.23. The van der Waals surface area contributed by atoms with E-state index in [1.807, 2.05) is 0 Å². The molecule has 0 spiro atoms. The zero-order valence-corrected chi connectivity index (χ0v) is 14.6. The van der Waals surface area contributed by atoms with E-state index >= 15 is 0 Å². The maximum absolute atomic E-state index is 12.0. The average Bonchev–Trinajstić information content (AvgIpc) is 2.62. The number of benzene rings is 2. The summed E-state index contributed by atoms with van der Waals surface area (Å²) in [6, 6.07) is 9.54. The molecule has 0 bridgehead atoms. The molecule has 6 nitrogen and oxygen atoms in total. The monoisotopic (exact) mass is 363 g/mol. The van der Waals surface area contributed by atoms with Crippen LogP contribution < -0.4 is 10.1 Å². The molecule has 2 N–H and O–H groups in total. The second-order valence-corrected chi connectivity index (χ2v) is 5.69. The van der Waals surface area contributed by atoms with E-state index < -0.39 is 18.5 Å². The van der Waals surface area contributed by atoms with Crippen LogP contribution in [0.4, 0.5) is 5.69 Å². The van der Waals surface area contributed by atoms with E-state index in [1.54, 1.807) is 31.2 Å². The molecule has 0 fully saturated rings. The highest BCUT2D eigenvalue weighted by Crippen LogP contribution is 2.30. The molecule has 7 heteroatoms. The number of hydrogen-bond donors (Lipinski definition) is 2. The zero-order chi connectivity index (χ0) is 18.4. The van der Waals surface area contributed by atoms with Gasteiger partial charge in [-0.15, -0.1) is 0 Å². The summed E-state index contributed by atoms with van der Waals surface area (Å²) in [7, 11) is 1.47. The number of anilines is 1. The third-order valence-corrected chi connectivity index (χ3v) is 3.87. The van der Waals surface area contributed by atoms with E-state index in [4.69, 9.17) is 26.2 Å². The number of aliphatic hydroxyl groups excluding tert-OH is 1. The summed E-state index contributed by atoms with van der Waals surface area (Å²) >= 11 is 6.02. The van der Waals surface area contributed by atoms with Crippen LogP contribution in [0.3, 0.4) is 0 Å². The predicted molar refractivity (Wildman–Crippen MR) is 94.0 cm³/mol. The molecule has 0 atom stereocenters. The molecule has 0 unspecified atom stereocenters. The van der Waals surface area contributed by atoms with Crippen molar-refractivity contribution in [1.29, 1.82) is 0 Å². The maximum Gasteiger partial charge on any atom is 0.338 e. The minimum absolute atomic E-state index is 0.111. The largest absolute Gasteiger partial charge is 0.495 e. The fraction of sp³-hybridized carbons (Fsp3) is 0.222. The normalized spacial score (nSPS) is 10.2. The fourth-order valence-electron chi connectivity index (χ4n) is 2.08. The molecular formula is C18H18ClNO5. The minimum Gasteiger partial charge on any atom is -0.495 e. The molecule has 132 valence electrons. The van der Waals surface area contributed by atoms with Crippen molar-refractivity contribution in [3.05, 3.63) is 58.1 Å². The second kappa shape index (κ2) is 8.50. The molecule has 0 aliphatic heterocycles. The number of esters is 1. The van der Waals surface area contributed by atoms with Crippen molar-refractivity contribution in [3.8, 4) is 5.75 Å². The molecule has 0 saturated carbocycles. The van der Waals surface area contributed by atoms with Gasteiger partial charge in [-0.2, -0.15) is 0 Å². The van der Waals surface area contributed by atoms with Crippen molar-refractivity contribution < 1.29 is 24.2 Å². The first-order valence-corrected chi connectivity index (χ1v) is 7.83. The van der Waals surface area contributed by atoms with E-state index in [1.165, 1.54) is 19.2 Å². The first kappa shape index (κ1) is 18.8. The Kier molecular flexibility index (Phi) is 6.38. The molecule has 0 aliphatic rings. The van der Waals surface area contributed by atoms with Gasteiger partial charge in [0.05, 0.1) is 25.0 Å². The molecule has 0 radical (unpaired) electrons. The number of methoxy groups -OCH3 is 1. The summed E-state index contributed by atoms with van der Waals surface area (Å²) < 4.78 is 10.2. The number of ether oxygens (including phenoxy) is 2. The quantitative estimate of drug-likeness (QED) is 0.771. The van der Waals surface area contributed by atoms with Gasteiger partial charge < -0.3 is 19.9 Å². The number of hydrogen-bond acceptors (Lipinski definition) is 5. The zero-order valence-electron chi connectivity index (χ0n) is 13.8. The Morgan fingerprint density at radius 3 is 2.48 bits per heavy atom. The Hall–Kier alpha value is -2.57. The van der Waals surface area contributed by atoms with Crippen LogP contribution >= 0.6 is 11.6 Å². The highest BCUT2D eigenvalue weighted by Gasteiger charge is 2.13. The number of amides is 1. The lowest BCUT2D eigenvalue weighted by molar-refractivity contribution is -0.119. The van der Waals surface area contributed by atoms with E-state index in [0.717, 1.165) is 5.56 Å². The number of carbonyl (C=O) groups excluding carboxylic acids is 2. The summed E-state index contributed by atoms with van der Waals surface area (Å²) in [6.07, 6.45) is 0. The molecule has 0 aromatic heterocycles. The highest BCUT2D eigenvalue weighted by molar-refractivity contribution is 6.31. The van der Waals surface area contributed by atoms with Crippen LogP contribution in [0.2, 0.25) is 5.02 Å². The Labute approximate surface area is 150 Å². The summed E-state index contributed by atoms with van der Waals surface area (Å²) in [5.41, 5.74) is 2.20. The summed E-state index contributed by atoms with van der Waals surface area (Å²) in [5, 5.41) is 12.1. The van der Waals surface area contributed by atoms with Crippen molar-refractivity contribution in [1.82, 2.24) is 0 Å². The molecule has 1 amide bonds. The van der Waals surface area contributed by atoms with Gasteiger partial charge in [0.25, 0.3) is 5.91 Å². The van der Waals surface area contributed by atoms with E-state index in [-0.39, 0.29) is 6.61 Å². The molecule has 0 heterocycles. The molecule has 2 aromatic carbocycles. The van der Waals surface area contributed by atoms with Crippen LogP contribution in [0.15, 0.2) is 36.4 Å². The van der Waals surface area contributed by atoms with Gasteiger partial charge >= 0.3 is 5.97 Å². The van der Waals surface area contributed by atoms with Gasteiger partial charge in [0.1, 0.15) is 5.75 Å². The first-order chi connectivity index (χ1) is 11.9. The van der Waals surface area contributed by atoms with Crippen LogP contribution in [-0.4, -0.2) is 30.7 Å². The second-order valence-electron chi connectivity index (χ2n) is 5.28. The molecule has 25 heavy (non-hydrogen) atoms. The smallest absolute Gasteiger partial charge is 0.338 e. The van der Waals surface area contributed by atoms with Crippen LogP contribution in [0.1, 0.15) is 21.5 Å². The maximum atomic E-state index is 12.0. The molecule has 0 aliphatic carbocycles. The molecule has 0 saturated heterocycles. The summed E-state index contributed by atoms with van der Waals surface area (Å²) in [4.78, 5) is 23.9. The average molecular weight is 364 g/mol. The van der Waals surface area contributed by atoms with Crippen LogP contribution in [-0.2, 0) is 16.1 Å². The third-order valence-electron chi connectivity index (χ3n) is 3.46. The highest BCUT2D eigenvalue weighted by atomic mass is 35.5. The summed E-state index contributed by atoms with van der Waals surface area (Å²) in [6.45, 7) is 1.25. The van der Waals surface area contributed by atoms with Crippen molar-refractivity contribution in [2.24, 2.45) is 0 Å². The van der Waals surface area contributed by atoms with E-state index in [9.17, 15) is 9.59 Å². The van der Waals surface area contributed by atoms with Crippen molar-refractivity contribution in [3.63, 3.8) is 0 Å². The number of halogens is 1. The number of rotatable bonds is 6. The summed E-state index contributed by atoms with van der Waals surface area (Å²) in [5.74, 6) is -0.714. The van der Waals surface area contributed by atoms with Crippen molar-refractivity contribution in [2.75, 3.05) is 19.0 Å². The Bertz CT molecular complexity index is 774. The van der Waals surface area contributed by atoms with Gasteiger partial charge in [-0.25, -0.2) is 4.79 Å². The third kappa shape index (κ3) is 4.95. The van der Waals surface area contributed by atoms with Gasteiger partial charge in [0, 0.05) is 11.1 Å². The SMILES string of the molecule is COc1cc(Cl)c(C)cc1NC(=O)COC(=O)c1ccc(CO)cc1. The lowest BCUT2D eigenvalue weighted by atomic mass is 10.1. The number of aryl methyl sites for hydroxylation is 1. The van der Waals surface area contributed by atoms with Gasteiger partial charge in [-0.05, 0) is 36.2 Å². The molecule has 2 aromatic rings. The Morgan fingerprint density at radius 1 is 1.20 bits per heavy atom.